The minimum atomic E-state index is -1.99. The van der Waals surface area contributed by atoms with E-state index in [0.717, 1.165) is 6.42 Å². The summed E-state index contributed by atoms with van der Waals surface area (Å²) in [4.78, 5) is 0. The number of halogens is 2. The molecule has 1 fully saturated rings. The summed E-state index contributed by atoms with van der Waals surface area (Å²) in [6.45, 7) is 14.2. The molecule has 0 aromatic heterocycles. The summed E-state index contributed by atoms with van der Waals surface area (Å²) in [5.41, 5.74) is 9.74. The van der Waals surface area contributed by atoms with Crippen LogP contribution in [-0.4, -0.2) is 3.21 Å². The van der Waals surface area contributed by atoms with Gasteiger partial charge in [-0.15, -0.1) is 0 Å². The Kier molecular flexibility index (Phi) is 7.38. The third kappa shape index (κ3) is 4.60. The molecule has 0 nitrogen and oxygen atoms in total. The van der Waals surface area contributed by atoms with Crippen LogP contribution in [0.3, 0.4) is 0 Å². The number of hydrogen-bond donors (Lipinski definition) is 0. The summed E-state index contributed by atoms with van der Waals surface area (Å²) in [6.07, 6.45) is 12.3. The molecule has 2 aromatic rings. The van der Waals surface area contributed by atoms with Crippen molar-refractivity contribution >= 4 is 6.48 Å². The normalized spacial score (nSPS) is 15.8. The first-order valence-electron chi connectivity index (χ1n) is 11.5. The van der Waals surface area contributed by atoms with Crippen LogP contribution in [-0.2, 0) is 38.5 Å². The summed E-state index contributed by atoms with van der Waals surface area (Å²) < 4.78 is 5.58. The number of rotatable bonds is 2. The second-order valence-corrected chi connectivity index (χ2v) is 17.8. The maximum Gasteiger partial charge on any atom is -1.00 e. The predicted octanol–water partition coefficient (Wildman–Crippen LogP) is 0.914. The van der Waals surface area contributed by atoms with Gasteiger partial charge in [0.25, 0.3) is 0 Å². The number of allylic oxidation sites excluding steroid dienone is 4. The molecule has 0 aliphatic heterocycles. The molecular formula is C29H34Cl2Zr. The second kappa shape index (κ2) is 9.13. The van der Waals surface area contributed by atoms with Gasteiger partial charge in [0.15, 0.2) is 0 Å². The molecule has 0 amide bonds. The van der Waals surface area contributed by atoms with Gasteiger partial charge in [-0.1, -0.05) is 0 Å². The van der Waals surface area contributed by atoms with E-state index in [0.29, 0.717) is 0 Å². The van der Waals surface area contributed by atoms with Crippen LogP contribution in [0.15, 0.2) is 51.8 Å². The first kappa shape index (κ1) is 25.9. The van der Waals surface area contributed by atoms with Gasteiger partial charge >= 0.3 is 191 Å². The molecule has 2 aromatic carbocycles. The third-order valence-electron chi connectivity index (χ3n) is 6.95. The van der Waals surface area contributed by atoms with Crippen LogP contribution < -0.4 is 28.1 Å². The van der Waals surface area contributed by atoms with E-state index in [1.165, 1.54) is 36.0 Å². The van der Waals surface area contributed by atoms with Crippen LogP contribution in [0, 0.1) is 0 Å². The fourth-order valence-electron chi connectivity index (χ4n) is 5.16. The molecule has 0 N–H and O–H groups in total. The molecular weight excluding hydrogens is 510 g/mol. The van der Waals surface area contributed by atoms with Gasteiger partial charge in [-0.3, -0.25) is 0 Å². The molecule has 0 radical (unpaired) electrons. The average Bonchev–Trinajstić information content (AvgIpc) is 3.21. The molecule has 0 spiro atoms. The van der Waals surface area contributed by atoms with E-state index in [4.69, 9.17) is 0 Å². The summed E-state index contributed by atoms with van der Waals surface area (Å²) in [5.74, 6) is 0. The van der Waals surface area contributed by atoms with Gasteiger partial charge in [-0.05, 0) is 0 Å². The van der Waals surface area contributed by atoms with Crippen molar-refractivity contribution in [2.75, 3.05) is 0 Å². The van der Waals surface area contributed by atoms with Crippen molar-refractivity contribution in [1.29, 1.82) is 0 Å². The Morgan fingerprint density at radius 2 is 1.50 bits per heavy atom. The van der Waals surface area contributed by atoms with Gasteiger partial charge < -0.3 is 24.8 Å². The molecule has 0 bridgehead atoms. The summed E-state index contributed by atoms with van der Waals surface area (Å²) >= 11 is -1.99. The quantitative estimate of drug-likeness (QED) is 0.450. The van der Waals surface area contributed by atoms with Crippen molar-refractivity contribution in [2.45, 2.75) is 78.1 Å². The Balaban J connectivity index is 0.00000144. The van der Waals surface area contributed by atoms with E-state index in [1.807, 2.05) is 6.48 Å². The SMILES string of the molecule is CC(C)(C)c1ccc2c(c1)Cc1c-2ccc(C(C)(C)C)[c]1[Zr+2]([C]1=CC=CC1)=[C]1CC1.[Cl-].[Cl-]. The van der Waals surface area contributed by atoms with E-state index in [1.54, 1.807) is 20.0 Å². The van der Waals surface area contributed by atoms with E-state index in [9.17, 15) is 0 Å². The number of fused-ring (bicyclic) bond motifs is 3. The molecule has 3 aliphatic rings. The Bertz CT molecular complexity index is 1140. The molecule has 0 heterocycles. The van der Waals surface area contributed by atoms with E-state index in [2.05, 4.69) is 90.1 Å². The molecule has 3 aliphatic carbocycles. The Morgan fingerprint density at radius 3 is 2.06 bits per heavy atom. The predicted molar refractivity (Wildman–Crippen MR) is 128 cm³/mol. The second-order valence-electron chi connectivity index (χ2n) is 11.4. The fourth-order valence-corrected chi connectivity index (χ4v) is 14.0. The van der Waals surface area contributed by atoms with Crippen molar-refractivity contribution in [3.8, 4) is 11.1 Å². The molecule has 0 saturated heterocycles. The first-order valence-corrected chi connectivity index (χ1v) is 15.2. The number of hydrogen-bond acceptors (Lipinski definition) is 0. The van der Waals surface area contributed by atoms with Crippen molar-refractivity contribution < 1.29 is 46.1 Å². The van der Waals surface area contributed by atoms with Gasteiger partial charge in [0.1, 0.15) is 0 Å². The minimum absolute atomic E-state index is 0. The Hall–Kier alpha value is -0.747. The first-order chi connectivity index (χ1) is 14.1. The third-order valence-corrected chi connectivity index (χ3v) is 15.0. The van der Waals surface area contributed by atoms with Crippen molar-refractivity contribution in [2.24, 2.45) is 0 Å². The van der Waals surface area contributed by atoms with Crippen molar-refractivity contribution in [3.05, 3.63) is 74.1 Å². The molecule has 0 unspecified atom stereocenters. The maximum absolute atomic E-state index is 2.50. The summed E-state index contributed by atoms with van der Waals surface area (Å²) in [7, 11) is 0. The van der Waals surface area contributed by atoms with Gasteiger partial charge in [0, 0.05) is 0 Å². The monoisotopic (exact) mass is 542 g/mol. The zero-order valence-corrected chi connectivity index (χ0v) is 24.2. The molecule has 168 valence electrons. The van der Waals surface area contributed by atoms with Gasteiger partial charge in [-0.2, -0.15) is 0 Å². The molecule has 32 heavy (non-hydrogen) atoms. The standard InChI is InChI=1S/C21H25.C5H5.C3H4.2ClH.Zr/c1-20(2,3)16-7-9-18-14(12-16)11-15-13-17(21(4,5)6)8-10-19(15)18;1-2-4-5-3-1;1-2-3-1;;;/h7-10,12H,11H2,1-6H3;1-3H,4H2;1-2H2;2*1H;/q;;;;;+2/p-2. The van der Waals surface area contributed by atoms with Crippen LogP contribution >= 0.6 is 0 Å². The van der Waals surface area contributed by atoms with Crippen LogP contribution in [0.4, 0.5) is 0 Å². The smallest absolute Gasteiger partial charge is 1.00 e. The zero-order valence-electron chi connectivity index (χ0n) is 20.2. The molecule has 1 saturated carbocycles. The van der Waals surface area contributed by atoms with E-state index >= 15 is 0 Å². The molecule has 3 heteroatoms. The van der Waals surface area contributed by atoms with Crippen LogP contribution in [0.25, 0.3) is 11.1 Å². The van der Waals surface area contributed by atoms with Crippen LogP contribution in [0.1, 0.15) is 83.1 Å². The minimum Gasteiger partial charge on any atom is -1.00 e. The maximum atomic E-state index is 2.50. The average molecular weight is 545 g/mol. The Labute approximate surface area is 214 Å². The fraction of sp³-hybridized carbons (Fsp3) is 0.414. The Morgan fingerprint density at radius 1 is 0.812 bits per heavy atom. The zero-order chi connectivity index (χ0) is 21.3. The van der Waals surface area contributed by atoms with Crippen LogP contribution in [0.2, 0.25) is 0 Å². The topological polar surface area (TPSA) is 0 Å². The van der Waals surface area contributed by atoms with Crippen molar-refractivity contribution in [3.63, 3.8) is 0 Å². The van der Waals surface area contributed by atoms with Crippen LogP contribution in [0.5, 0.6) is 0 Å². The summed E-state index contributed by atoms with van der Waals surface area (Å²) in [6, 6.07) is 12.2. The van der Waals surface area contributed by atoms with Gasteiger partial charge in [0.05, 0.1) is 0 Å². The van der Waals surface area contributed by atoms with Gasteiger partial charge in [0.2, 0.25) is 0 Å². The van der Waals surface area contributed by atoms with E-state index < -0.39 is 21.3 Å². The van der Waals surface area contributed by atoms with Gasteiger partial charge in [-0.25, -0.2) is 0 Å². The molecule has 5 rings (SSSR count). The van der Waals surface area contributed by atoms with E-state index in [-0.39, 0.29) is 35.6 Å². The van der Waals surface area contributed by atoms with Crippen molar-refractivity contribution in [1.82, 2.24) is 0 Å². The number of benzene rings is 2. The summed E-state index contributed by atoms with van der Waals surface area (Å²) in [5, 5.41) is 0. The largest absolute Gasteiger partial charge is 1.00 e. The molecule has 0 atom stereocenters.